The second-order valence-corrected chi connectivity index (χ2v) is 5.39. The highest BCUT2D eigenvalue weighted by atomic mass is 32.1. The summed E-state index contributed by atoms with van der Waals surface area (Å²) in [6.45, 7) is 0.131. The van der Waals surface area contributed by atoms with Crippen molar-refractivity contribution in [1.29, 1.82) is 0 Å². The third-order valence-electron chi connectivity index (χ3n) is 3.19. The second-order valence-electron chi connectivity index (χ2n) is 4.39. The number of hydrogen-bond donors (Lipinski definition) is 1. The van der Waals surface area contributed by atoms with Crippen LogP contribution in [0.15, 0.2) is 53.9 Å². The van der Waals surface area contributed by atoms with Crippen molar-refractivity contribution in [1.82, 2.24) is 0 Å². The first-order valence-corrected chi connectivity index (χ1v) is 6.88. The van der Waals surface area contributed by atoms with Crippen LogP contribution in [-0.2, 0) is 13.0 Å². The Balaban J connectivity index is 1.95. The van der Waals surface area contributed by atoms with Gasteiger partial charge >= 0.3 is 0 Å². The van der Waals surface area contributed by atoms with Gasteiger partial charge in [-0.3, -0.25) is 0 Å². The van der Waals surface area contributed by atoms with Crippen molar-refractivity contribution < 1.29 is 5.11 Å². The molecule has 0 bridgehead atoms. The standard InChI is InChI=1S/C16H14OS/c17-11-15-7-8-18-16(15)10-12-5-6-13-3-1-2-4-14(13)9-12/h1-9,17H,10-11H2. The third kappa shape index (κ3) is 2.17. The van der Waals surface area contributed by atoms with E-state index in [0.29, 0.717) is 0 Å². The maximum absolute atomic E-state index is 9.26. The van der Waals surface area contributed by atoms with E-state index in [4.69, 9.17) is 0 Å². The van der Waals surface area contributed by atoms with Crippen LogP contribution in [0.5, 0.6) is 0 Å². The molecular formula is C16H14OS. The average Bonchev–Trinajstić information content (AvgIpc) is 2.86. The van der Waals surface area contributed by atoms with Crippen LogP contribution in [0.4, 0.5) is 0 Å². The maximum atomic E-state index is 9.26. The molecule has 0 saturated carbocycles. The molecule has 1 heterocycles. The van der Waals surface area contributed by atoms with Crippen molar-refractivity contribution in [2.75, 3.05) is 0 Å². The fourth-order valence-corrected chi connectivity index (χ4v) is 3.13. The molecular weight excluding hydrogens is 240 g/mol. The van der Waals surface area contributed by atoms with E-state index < -0.39 is 0 Å². The molecule has 0 atom stereocenters. The van der Waals surface area contributed by atoms with Crippen LogP contribution in [0.3, 0.4) is 0 Å². The van der Waals surface area contributed by atoms with Gasteiger partial charge in [0.05, 0.1) is 6.61 Å². The van der Waals surface area contributed by atoms with Crippen molar-refractivity contribution in [3.63, 3.8) is 0 Å². The minimum absolute atomic E-state index is 0.131. The van der Waals surface area contributed by atoms with Crippen molar-refractivity contribution in [3.8, 4) is 0 Å². The molecule has 0 unspecified atom stereocenters. The Morgan fingerprint density at radius 2 is 1.78 bits per heavy atom. The molecule has 0 spiro atoms. The van der Waals surface area contributed by atoms with Crippen molar-refractivity contribution in [2.45, 2.75) is 13.0 Å². The van der Waals surface area contributed by atoms with E-state index in [0.717, 1.165) is 12.0 Å². The number of aliphatic hydroxyl groups is 1. The molecule has 0 amide bonds. The highest BCUT2D eigenvalue weighted by molar-refractivity contribution is 7.10. The van der Waals surface area contributed by atoms with Crippen molar-refractivity contribution >= 4 is 22.1 Å². The summed E-state index contributed by atoms with van der Waals surface area (Å²) in [7, 11) is 0. The quantitative estimate of drug-likeness (QED) is 0.749. The Labute approximate surface area is 110 Å². The Kier molecular flexibility index (Phi) is 3.13. The van der Waals surface area contributed by atoms with Crippen LogP contribution < -0.4 is 0 Å². The van der Waals surface area contributed by atoms with E-state index in [1.54, 1.807) is 11.3 Å². The van der Waals surface area contributed by atoms with Crippen molar-refractivity contribution in [3.05, 3.63) is 69.9 Å². The van der Waals surface area contributed by atoms with Gasteiger partial charge in [0.1, 0.15) is 0 Å². The van der Waals surface area contributed by atoms with Crippen LogP contribution in [0.25, 0.3) is 10.8 Å². The first-order valence-electron chi connectivity index (χ1n) is 6.00. The molecule has 0 aliphatic rings. The lowest BCUT2D eigenvalue weighted by atomic mass is 10.0. The molecule has 1 N–H and O–H groups in total. The predicted octanol–water partition coefficient (Wildman–Crippen LogP) is 3.98. The molecule has 0 saturated heterocycles. The number of thiophene rings is 1. The summed E-state index contributed by atoms with van der Waals surface area (Å²) in [6.07, 6.45) is 0.901. The first kappa shape index (κ1) is 11.5. The van der Waals surface area contributed by atoms with Gasteiger partial charge in [-0.05, 0) is 33.3 Å². The molecule has 18 heavy (non-hydrogen) atoms. The molecule has 0 aliphatic carbocycles. The topological polar surface area (TPSA) is 20.2 Å². The van der Waals surface area contributed by atoms with Gasteiger partial charge in [-0.15, -0.1) is 11.3 Å². The molecule has 2 aromatic carbocycles. The second kappa shape index (κ2) is 4.92. The lowest BCUT2D eigenvalue weighted by Gasteiger charge is -2.04. The summed E-state index contributed by atoms with van der Waals surface area (Å²) in [5.41, 5.74) is 2.35. The Morgan fingerprint density at radius 3 is 2.61 bits per heavy atom. The average molecular weight is 254 g/mol. The lowest BCUT2D eigenvalue weighted by molar-refractivity contribution is 0.281. The molecule has 1 nitrogen and oxygen atoms in total. The molecule has 3 rings (SSSR count). The van der Waals surface area contributed by atoms with E-state index in [1.165, 1.54) is 21.2 Å². The van der Waals surface area contributed by atoms with E-state index >= 15 is 0 Å². The number of benzene rings is 2. The number of hydrogen-bond acceptors (Lipinski definition) is 2. The zero-order valence-electron chi connectivity index (χ0n) is 9.97. The van der Waals surface area contributed by atoms with Crippen LogP contribution in [0.2, 0.25) is 0 Å². The molecule has 3 aromatic rings. The van der Waals surface area contributed by atoms with E-state index in [9.17, 15) is 5.11 Å². The minimum atomic E-state index is 0.131. The van der Waals surface area contributed by atoms with Crippen LogP contribution in [0.1, 0.15) is 16.0 Å². The predicted molar refractivity (Wildman–Crippen MR) is 77.0 cm³/mol. The van der Waals surface area contributed by atoms with Gasteiger partial charge in [-0.1, -0.05) is 42.5 Å². The fraction of sp³-hybridized carbons (Fsp3) is 0.125. The zero-order valence-corrected chi connectivity index (χ0v) is 10.8. The largest absolute Gasteiger partial charge is 0.392 e. The highest BCUT2D eigenvalue weighted by Gasteiger charge is 2.05. The van der Waals surface area contributed by atoms with Gasteiger partial charge in [0.2, 0.25) is 0 Å². The Bertz CT molecular complexity index is 669. The lowest BCUT2D eigenvalue weighted by Crippen LogP contribution is -1.90. The van der Waals surface area contributed by atoms with Gasteiger partial charge < -0.3 is 5.11 Å². The van der Waals surface area contributed by atoms with E-state index in [-0.39, 0.29) is 6.61 Å². The van der Waals surface area contributed by atoms with Gasteiger partial charge in [-0.2, -0.15) is 0 Å². The summed E-state index contributed by atoms with van der Waals surface area (Å²) in [6, 6.07) is 17.0. The summed E-state index contributed by atoms with van der Waals surface area (Å²) < 4.78 is 0. The van der Waals surface area contributed by atoms with Gasteiger partial charge in [0.15, 0.2) is 0 Å². The van der Waals surface area contributed by atoms with Gasteiger partial charge in [-0.25, -0.2) is 0 Å². The molecule has 2 heteroatoms. The number of aliphatic hydroxyl groups excluding tert-OH is 1. The fourth-order valence-electron chi connectivity index (χ4n) is 2.20. The SMILES string of the molecule is OCc1ccsc1Cc1ccc2ccccc2c1. The zero-order chi connectivity index (χ0) is 12.4. The van der Waals surface area contributed by atoms with Gasteiger partial charge in [0, 0.05) is 11.3 Å². The van der Waals surface area contributed by atoms with Gasteiger partial charge in [0.25, 0.3) is 0 Å². The van der Waals surface area contributed by atoms with Crippen LogP contribution in [-0.4, -0.2) is 5.11 Å². The minimum Gasteiger partial charge on any atom is -0.392 e. The number of fused-ring (bicyclic) bond motifs is 1. The molecule has 0 fully saturated rings. The summed E-state index contributed by atoms with van der Waals surface area (Å²) in [5, 5.41) is 13.9. The Morgan fingerprint density at radius 1 is 0.944 bits per heavy atom. The molecule has 1 aromatic heterocycles. The number of rotatable bonds is 3. The summed E-state index contributed by atoms with van der Waals surface area (Å²) in [4.78, 5) is 1.26. The monoisotopic (exact) mass is 254 g/mol. The summed E-state index contributed by atoms with van der Waals surface area (Å²) >= 11 is 1.71. The first-order chi connectivity index (χ1) is 8.86. The van der Waals surface area contributed by atoms with E-state index in [1.807, 2.05) is 11.4 Å². The smallest absolute Gasteiger partial charge is 0.0692 e. The molecule has 0 aliphatic heterocycles. The van der Waals surface area contributed by atoms with Crippen LogP contribution in [0, 0.1) is 0 Å². The third-order valence-corrected chi connectivity index (χ3v) is 4.15. The maximum Gasteiger partial charge on any atom is 0.0692 e. The summed E-state index contributed by atoms with van der Waals surface area (Å²) in [5.74, 6) is 0. The highest BCUT2D eigenvalue weighted by Crippen LogP contribution is 2.23. The Hall–Kier alpha value is -1.64. The molecule has 90 valence electrons. The van der Waals surface area contributed by atoms with Crippen molar-refractivity contribution in [2.24, 2.45) is 0 Å². The van der Waals surface area contributed by atoms with Crippen LogP contribution >= 0.6 is 11.3 Å². The van der Waals surface area contributed by atoms with E-state index in [2.05, 4.69) is 42.5 Å². The molecule has 0 radical (unpaired) electrons. The normalized spacial score (nSPS) is 10.9.